The van der Waals surface area contributed by atoms with Crippen LogP contribution in [0, 0.1) is 0 Å². The summed E-state index contributed by atoms with van der Waals surface area (Å²) in [4.78, 5) is 26.5. The molecule has 0 bridgehead atoms. The van der Waals surface area contributed by atoms with E-state index in [1.54, 1.807) is 24.3 Å². The maximum atomic E-state index is 11.8. The van der Waals surface area contributed by atoms with Gasteiger partial charge in [-0.15, -0.1) is 11.3 Å². The average Bonchev–Trinajstić information content (AvgIpc) is 2.90. The van der Waals surface area contributed by atoms with E-state index in [4.69, 9.17) is 11.6 Å². The van der Waals surface area contributed by atoms with E-state index in [9.17, 15) is 9.59 Å². The average molecular weight is 338 g/mol. The smallest absolute Gasteiger partial charge is 0.269 e. The molecular weight excluding hydrogens is 322 g/mol. The fourth-order valence-electron chi connectivity index (χ4n) is 1.83. The lowest BCUT2D eigenvalue weighted by atomic mass is 10.2. The molecule has 2 aromatic rings. The van der Waals surface area contributed by atoms with E-state index >= 15 is 0 Å². The molecule has 0 aliphatic rings. The quantitative estimate of drug-likeness (QED) is 0.823. The summed E-state index contributed by atoms with van der Waals surface area (Å²) in [7, 11) is 1.83. The number of carbonyl (C=O) groups is 2. The van der Waals surface area contributed by atoms with E-state index in [2.05, 4.69) is 10.9 Å². The van der Waals surface area contributed by atoms with E-state index in [1.165, 1.54) is 11.3 Å². The van der Waals surface area contributed by atoms with Crippen LogP contribution in [0.1, 0.15) is 15.2 Å². The molecule has 0 radical (unpaired) electrons. The van der Waals surface area contributed by atoms with E-state index in [-0.39, 0.29) is 18.4 Å². The first-order valence-corrected chi connectivity index (χ1v) is 7.81. The Bertz CT molecular complexity index is 645. The summed E-state index contributed by atoms with van der Waals surface area (Å²) >= 11 is 7.35. The molecule has 1 aromatic heterocycles. The fourth-order valence-corrected chi connectivity index (χ4v) is 3.00. The van der Waals surface area contributed by atoms with Crippen LogP contribution in [0.2, 0.25) is 4.34 Å². The van der Waals surface area contributed by atoms with Crippen molar-refractivity contribution in [1.82, 2.24) is 15.8 Å². The van der Waals surface area contributed by atoms with Crippen molar-refractivity contribution in [2.75, 3.05) is 13.6 Å². The summed E-state index contributed by atoms with van der Waals surface area (Å²) in [5, 5.41) is 0. The number of hydrogen-bond donors (Lipinski definition) is 2. The Morgan fingerprint density at radius 3 is 2.50 bits per heavy atom. The highest BCUT2D eigenvalue weighted by atomic mass is 35.5. The Hall–Kier alpha value is -1.89. The topological polar surface area (TPSA) is 61.4 Å². The summed E-state index contributed by atoms with van der Waals surface area (Å²) in [6, 6.07) is 12.4. The summed E-state index contributed by atoms with van der Waals surface area (Å²) in [6.07, 6.45) is 0. The summed E-state index contributed by atoms with van der Waals surface area (Å²) in [5.74, 6) is -0.629. The summed E-state index contributed by atoms with van der Waals surface area (Å²) < 4.78 is 0.725. The largest absolute Gasteiger partial charge is 0.292 e. The number of hydrogen-bond acceptors (Lipinski definition) is 4. The van der Waals surface area contributed by atoms with Crippen LogP contribution in [0.4, 0.5) is 0 Å². The second-order valence-corrected chi connectivity index (χ2v) is 6.55. The number of benzene rings is 1. The minimum Gasteiger partial charge on any atom is -0.292 e. The van der Waals surface area contributed by atoms with Crippen molar-refractivity contribution in [3.63, 3.8) is 0 Å². The van der Waals surface area contributed by atoms with Crippen LogP contribution in [0.3, 0.4) is 0 Å². The van der Waals surface area contributed by atoms with Crippen LogP contribution in [0.15, 0.2) is 42.5 Å². The minimum atomic E-state index is -0.346. The second kappa shape index (κ2) is 7.93. The zero-order valence-corrected chi connectivity index (χ0v) is 13.6. The van der Waals surface area contributed by atoms with Gasteiger partial charge in [-0.25, -0.2) is 0 Å². The molecule has 5 nitrogen and oxygen atoms in total. The first-order chi connectivity index (χ1) is 10.5. The van der Waals surface area contributed by atoms with Crippen molar-refractivity contribution in [3.05, 3.63) is 57.2 Å². The van der Waals surface area contributed by atoms with Crippen LogP contribution >= 0.6 is 22.9 Å². The first kappa shape index (κ1) is 16.5. The van der Waals surface area contributed by atoms with Crippen molar-refractivity contribution in [1.29, 1.82) is 0 Å². The van der Waals surface area contributed by atoms with Gasteiger partial charge in [-0.1, -0.05) is 29.8 Å². The standard InChI is InChI=1S/C15H16ClN3O2S/c1-19(9-12-7-8-13(16)22-12)10-14(20)17-18-15(21)11-5-3-2-4-6-11/h2-8H,9-10H2,1H3,(H,17,20)(H,18,21). The molecule has 2 N–H and O–H groups in total. The zero-order valence-electron chi connectivity index (χ0n) is 12.0. The van der Waals surface area contributed by atoms with Crippen molar-refractivity contribution in [3.8, 4) is 0 Å². The molecular formula is C15H16ClN3O2S. The van der Waals surface area contributed by atoms with E-state index in [0.29, 0.717) is 12.1 Å². The lowest BCUT2D eigenvalue weighted by molar-refractivity contribution is -0.122. The van der Waals surface area contributed by atoms with Gasteiger partial charge in [0.05, 0.1) is 10.9 Å². The van der Waals surface area contributed by atoms with Crippen LogP contribution in [0.5, 0.6) is 0 Å². The summed E-state index contributed by atoms with van der Waals surface area (Å²) in [5.41, 5.74) is 5.28. The van der Waals surface area contributed by atoms with Gasteiger partial charge in [0, 0.05) is 17.0 Å². The van der Waals surface area contributed by atoms with Gasteiger partial charge in [-0.05, 0) is 31.3 Å². The van der Waals surface area contributed by atoms with Gasteiger partial charge < -0.3 is 0 Å². The molecule has 0 unspecified atom stereocenters. The number of nitrogens with zero attached hydrogens (tertiary/aromatic N) is 1. The maximum absolute atomic E-state index is 11.8. The highest BCUT2D eigenvalue weighted by Gasteiger charge is 2.10. The number of hydrazine groups is 1. The van der Waals surface area contributed by atoms with E-state index in [1.807, 2.05) is 30.1 Å². The Labute approximate surface area is 137 Å². The van der Waals surface area contributed by atoms with Crippen LogP contribution in [0.25, 0.3) is 0 Å². The predicted molar refractivity (Wildman–Crippen MR) is 87.7 cm³/mol. The molecule has 116 valence electrons. The van der Waals surface area contributed by atoms with Gasteiger partial charge in [0.15, 0.2) is 0 Å². The van der Waals surface area contributed by atoms with Crippen molar-refractivity contribution in [2.45, 2.75) is 6.54 Å². The monoisotopic (exact) mass is 337 g/mol. The van der Waals surface area contributed by atoms with Crippen molar-refractivity contribution < 1.29 is 9.59 Å². The molecule has 0 atom stereocenters. The van der Waals surface area contributed by atoms with Crippen LogP contribution < -0.4 is 10.9 Å². The number of nitrogens with one attached hydrogen (secondary N) is 2. The van der Waals surface area contributed by atoms with Gasteiger partial charge in [0.1, 0.15) is 0 Å². The molecule has 0 spiro atoms. The number of halogens is 1. The predicted octanol–water partition coefficient (Wildman–Crippen LogP) is 2.29. The molecule has 1 aromatic carbocycles. The molecule has 2 rings (SSSR count). The second-order valence-electron chi connectivity index (χ2n) is 4.75. The van der Waals surface area contributed by atoms with Crippen LogP contribution in [-0.2, 0) is 11.3 Å². The Kier molecular flexibility index (Phi) is 5.94. The SMILES string of the molecule is CN(CC(=O)NNC(=O)c1ccccc1)Cc1ccc(Cl)s1. The Morgan fingerprint density at radius 2 is 1.86 bits per heavy atom. The van der Waals surface area contributed by atoms with E-state index in [0.717, 1.165) is 9.21 Å². The summed E-state index contributed by atoms with van der Waals surface area (Å²) in [6.45, 7) is 0.794. The molecule has 0 saturated carbocycles. The number of amides is 2. The Morgan fingerprint density at radius 1 is 1.14 bits per heavy atom. The van der Waals surface area contributed by atoms with Gasteiger partial charge in [0.25, 0.3) is 11.8 Å². The van der Waals surface area contributed by atoms with Crippen molar-refractivity contribution in [2.24, 2.45) is 0 Å². The molecule has 0 fully saturated rings. The third-order valence-electron chi connectivity index (χ3n) is 2.82. The first-order valence-electron chi connectivity index (χ1n) is 6.61. The van der Waals surface area contributed by atoms with Gasteiger partial charge in [0.2, 0.25) is 0 Å². The molecule has 1 heterocycles. The molecule has 2 amide bonds. The normalized spacial score (nSPS) is 10.5. The van der Waals surface area contributed by atoms with E-state index < -0.39 is 0 Å². The number of rotatable bonds is 5. The molecule has 0 saturated heterocycles. The molecule has 7 heteroatoms. The number of likely N-dealkylation sites (N-methyl/N-ethyl adjacent to an activating group) is 1. The lowest BCUT2D eigenvalue weighted by Crippen LogP contribution is -2.45. The lowest BCUT2D eigenvalue weighted by Gasteiger charge is -2.15. The fraction of sp³-hybridized carbons (Fsp3) is 0.200. The number of carbonyl (C=O) groups excluding carboxylic acids is 2. The van der Waals surface area contributed by atoms with Crippen molar-refractivity contribution >= 4 is 34.8 Å². The van der Waals surface area contributed by atoms with Gasteiger partial charge in [-0.3, -0.25) is 25.3 Å². The third-order valence-corrected chi connectivity index (χ3v) is 4.04. The molecule has 0 aliphatic heterocycles. The maximum Gasteiger partial charge on any atom is 0.269 e. The van der Waals surface area contributed by atoms with Crippen LogP contribution in [-0.4, -0.2) is 30.3 Å². The number of thiophene rings is 1. The highest BCUT2D eigenvalue weighted by molar-refractivity contribution is 7.16. The zero-order chi connectivity index (χ0) is 15.9. The minimum absolute atomic E-state index is 0.171. The third kappa shape index (κ3) is 5.14. The molecule has 0 aliphatic carbocycles. The van der Waals surface area contributed by atoms with Gasteiger partial charge in [-0.2, -0.15) is 0 Å². The van der Waals surface area contributed by atoms with Gasteiger partial charge >= 0.3 is 0 Å². The molecule has 22 heavy (non-hydrogen) atoms. The Balaban J connectivity index is 1.74. The highest BCUT2D eigenvalue weighted by Crippen LogP contribution is 2.22.